The molecule has 2 aromatic rings. The fraction of sp³-hybridized carbons (Fsp3) is 0. The molecular formula is C12H10BrClHg2. The molecule has 0 aliphatic rings. The summed E-state index contributed by atoms with van der Waals surface area (Å²) in [5, 5.41) is 0. The molecule has 2 rings (SSSR count). The molecule has 2 aromatic carbocycles. The van der Waals surface area contributed by atoms with E-state index in [0.717, 1.165) is 52.2 Å². The van der Waals surface area contributed by atoms with E-state index in [9.17, 15) is 0 Å². The van der Waals surface area contributed by atoms with Gasteiger partial charge in [0, 0.05) is 0 Å². The van der Waals surface area contributed by atoms with Crippen LogP contribution in [0.5, 0.6) is 0 Å². The van der Waals surface area contributed by atoms with E-state index in [1.165, 1.54) is 6.14 Å². The Bertz CT molecular complexity index is 316. The van der Waals surface area contributed by atoms with Gasteiger partial charge >= 0.3 is 119 Å². The number of halogens is 2. The van der Waals surface area contributed by atoms with Gasteiger partial charge in [0.05, 0.1) is 0 Å². The predicted octanol–water partition coefficient (Wildman–Crippen LogP) is -4.27. The minimum atomic E-state index is 0. The molecular weight excluding hydrogens is 661 g/mol. The van der Waals surface area contributed by atoms with Crippen LogP contribution in [0.2, 0.25) is 0 Å². The topological polar surface area (TPSA) is 0 Å². The molecule has 0 N–H and O–H groups in total. The van der Waals surface area contributed by atoms with Crippen LogP contribution in [0.25, 0.3) is 0 Å². The molecule has 0 radical (unpaired) electrons. The van der Waals surface area contributed by atoms with Crippen LogP contribution in [-0.4, -0.2) is 0 Å². The van der Waals surface area contributed by atoms with Crippen molar-refractivity contribution in [1.29, 1.82) is 0 Å². The molecule has 4 heteroatoms. The van der Waals surface area contributed by atoms with Crippen molar-refractivity contribution in [3.05, 3.63) is 60.7 Å². The number of rotatable bonds is 0. The summed E-state index contributed by atoms with van der Waals surface area (Å²) in [6, 6.07) is 21.1. The summed E-state index contributed by atoms with van der Waals surface area (Å²) in [5.74, 6) is 0. The molecule has 0 aromatic heterocycles. The van der Waals surface area contributed by atoms with Crippen LogP contribution >= 0.6 is 0 Å². The summed E-state index contributed by atoms with van der Waals surface area (Å²) in [6.45, 7) is 0. The van der Waals surface area contributed by atoms with Gasteiger partial charge < -0.3 is 29.4 Å². The SMILES string of the molecule is [Br-].[Cl-].[Hg+][c]1ccccc1.[Hg+][c]1ccccc1. The van der Waals surface area contributed by atoms with Crippen molar-refractivity contribution in [1.82, 2.24) is 0 Å². The summed E-state index contributed by atoms with van der Waals surface area (Å²) in [4.78, 5) is 0. The third kappa shape index (κ3) is 10.2. The Morgan fingerprint density at radius 2 is 0.812 bits per heavy atom. The first-order chi connectivity index (χ1) is 6.79. The van der Waals surface area contributed by atoms with Crippen molar-refractivity contribution in [2.24, 2.45) is 0 Å². The number of hydrogen-bond donors (Lipinski definition) is 0. The summed E-state index contributed by atoms with van der Waals surface area (Å²) in [6.07, 6.45) is 0. The van der Waals surface area contributed by atoms with Crippen molar-refractivity contribution in [3.63, 3.8) is 0 Å². The Morgan fingerprint density at radius 3 is 0.938 bits per heavy atom. The third-order valence-electron chi connectivity index (χ3n) is 1.69. The van der Waals surface area contributed by atoms with Gasteiger partial charge in [-0.15, -0.1) is 0 Å². The van der Waals surface area contributed by atoms with E-state index in [0.29, 0.717) is 0 Å². The Labute approximate surface area is 146 Å². The second kappa shape index (κ2) is 12.5. The van der Waals surface area contributed by atoms with E-state index < -0.39 is 0 Å². The van der Waals surface area contributed by atoms with Gasteiger partial charge in [0.15, 0.2) is 0 Å². The minimum absolute atomic E-state index is 0. The predicted molar refractivity (Wildman–Crippen MR) is 52.2 cm³/mol. The maximum absolute atomic E-state index is 2.17. The molecule has 76 valence electrons. The van der Waals surface area contributed by atoms with Crippen molar-refractivity contribution in [2.75, 3.05) is 0 Å². The van der Waals surface area contributed by atoms with E-state index in [-0.39, 0.29) is 29.4 Å². The van der Waals surface area contributed by atoms with Gasteiger partial charge in [0.25, 0.3) is 0 Å². The van der Waals surface area contributed by atoms with Crippen LogP contribution in [0.1, 0.15) is 0 Å². The Morgan fingerprint density at radius 1 is 0.562 bits per heavy atom. The Balaban J connectivity index is 0. The molecule has 0 saturated heterocycles. The van der Waals surface area contributed by atoms with E-state index in [2.05, 4.69) is 60.7 Å². The second-order valence-corrected chi connectivity index (χ2v) is 9.32. The number of benzene rings is 2. The monoisotopic (exact) mass is 672 g/mol. The fourth-order valence-electron chi connectivity index (χ4n) is 0.956. The molecule has 0 heterocycles. The van der Waals surface area contributed by atoms with Gasteiger partial charge in [0.1, 0.15) is 0 Å². The first-order valence-electron chi connectivity index (χ1n) is 4.53. The second-order valence-electron chi connectivity index (χ2n) is 2.97. The zero-order valence-corrected chi connectivity index (χ0v) is 22.3. The zero-order valence-electron chi connectivity index (χ0n) is 8.94. The Hall–Kier alpha value is 1.08. The van der Waals surface area contributed by atoms with Gasteiger partial charge in [-0.05, 0) is 0 Å². The van der Waals surface area contributed by atoms with Gasteiger partial charge in [-0.1, -0.05) is 0 Å². The summed E-state index contributed by atoms with van der Waals surface area (Å²) < 4.78 is 3.03. The zero-order chi connectivity index (χ0) is 10.2. The standard InChI is InChI=1S/2C6H5.BrH.ClH.2Hg/c2*1-2-4-6-5-3-1;;;;/h2*1-5H;2*1H;;/q;;;;2*+1/p-2. The normalized spacial score (nSPS) is 7.75. The molecule has 0 amide bonds. The molecule has 0 aliphatic heterocycles. The first-order valence-corrected chi connectivity index (χ1v) is 10.0. The Kier molecular flexibility index (Phi) is 15.2. The fourth-order valence-corrected chi connectivity index (χ4v) is 3.07. The molecule has 0 bridgehead atoms. The quantitative estimate of drug-likeness (QED) is 0.250. The number of hydrogen-bond acceptors (Lipinski definition) is 0. The van der Waals surface area contributed by atoms with Crippen LogP contribution in [0.3, 0.4) is 0 Å². The van der Waals surface area contributed by atoms with Crippen LogP contribution in [0, 0.1) is 0 Å². The van der Waals surface area contributed by atoms with Crippen molar-refractivity contribution in [3.8, 4) is 0 Å². The summed E-state index contributed by atoms with van der Waals surface area (Å²) >= 11 is 1.62. The molecule has 0 nitrogen and oxygen atoms in total. The third-order valence-corrected chi connectivity index (χ3v) is 5.35. The van der Waals surface area contributed by atoms with Crippen LogP contribution in [0.4, 0.5) is 0 Å². The van der Waals surface area contributed by atoms with Gasteiger partial charge in [-0.25, -0.2) is 0 Å². The maximum atomic E-state index is 2.17. The first kappa shape index (κ1) is 19.4. The molecule has 0 aliphatic carbocycles. The summed E-state index contributed by atoms with van der Waals surface area (Å²) in [5.41, 5.74) is 0. The van der Waals surface area contributed by atoms with Crippen LogP contribution < -0.4 is 35.5 Å². The van der Waals surface area contributed by atoms with Crippen molar-refractivity contribution < 1.29 is 81.6 Å². The van der Waals surface area contributed by atoms with E-state index >= 15 is 0 Å². The molecule has 16 heavy (non-hydrogen) atoms. The molecule has 0 unspecified atom stereocenters. The average Bonchev–Trinajstić information content (AvgIpc) is 2.21. The summed E-state index contributed by atoms with van der Waals surface area (Å²) in [7, 11) is 0. The van der Waals surface area contributed by atoms with E-state index in [1.54, 1.807) is 0 Å². The van der Waals surface area contributed by atoms with Crippen molar-refractivity contribution >= 4 is 6.14 Å². The molecule has 0 fully saturated rings. The van der Waals surface area contributed by atoms with Gasteiger partial charge in [-0.3, -0.25) is 0 Å². The molecule has 0 atom stereocenters. The molecule has 0 saturated carbocycles. The van der Waals surface area contributed by atoms with Crippen LogP contribution in [-0.2, 0) is 52.2 Å². The van der Waals surface area contributed by atoms with E-state index in [4.69, 9.17) is 0 Å². The van der Waals surface area contributed by atoms with Crippen LogP contribution in [0.15, 0.2) is 60.7 Å². The molecule has 0 spiro atoms. The van der Waals surface area contributed by atoms with E-state index in [1.807, 2.05) is 0 Å². The van der Waals surface area contributed by atoms with Crippen molar-refractivity contribution in [2.45, 2.75) is 0 Å². The van der Waals surface area contributed by atoms with Gasteiger partial charge in [0.2, 0.25) is 0 Å². The average molecular weight is 671 g/mol. The van der Waals surface area contributed by atoms with Gasteiger partial charge in [-0.2, -0.15) is 0 Å².